The van der Waals surface area contributed by atoms with Crippen molar-refractivity contribution in [3.05, 3.63) is 78.1 Å². The summed E-state index contributed by atoms with van der Waals surface area (Å²) in [5.74, 6) is 0. The van der Waals surface area contributed by atoms with Crippen molar-refractivity contribution < 1.29 is 9.53 Å². The predicted octanol–water partition coefficient (Wildman–Crippen LogP) is 5.52. The molecule has 0 bridgehead atoms. The van der Waals surface area contributed by atoms with Crippen molar-refractivity contribution in [1.82, 2.24) is 15.3 Å². The lowest BCUT2D eigenvalue weighted by Gasteiger charge is -2.24. The molecule has 0 aliphatic carbocycles. The number of pyridine rings is 1. The molecule has 4 aromatic rings. The first-order chi connectivity index (χ1) is 13.9. The maximum Gasteiger partial charge on any atom is 0.408 e. The minimum absolute atomic E-state index is 0.330. The number of amides is 1. The lowest BCUT2D eigenvalue weighted by atomic mass is 10.0. The first kappa shape index (κ1) is 19.0. The fraction of sp³-hybridized carbons (Fsp3) is 0.250. The second-order valence-electron chi connectivity index (χ2n) is 8.18. The van der Waals surface area contributed by atoms with Gasteiger partial charge in [0.2, 0.25) is 0 Å². The Bertz CT molecular complexity index is 1140. The number of aromatic nitrogens is 2. The van der Waals surface area contributed by atoms with Crippen LogP contribution >= 0.6 is 0 Å². The Labute approximate surface area is 170 Å². The molecule has 2 aromatic carbocycles. The SMILES string of the molecule is CC(C)(C)OC(=O)NC(Cc1ccccc1)c1nccc2c1[nH]c1ccccc12. The highest BCUT2D eigenvalue weighted by molar-refractivity contribution is 6.07. The summed E-state index contributed by atoms with van der Waals surface area (Å²) >= 11 is 0. The predicted molar refractivity (Wildman–Crippen MR) is 116 cm³/mol. The summed E-state index contributed by atoms with van der Waals surface area (Å²) < 4.78 is 5.51. The molecule has 0 aliphatic rings. The highest BCUT2D eigenvalue weighted by Gasteiger charge is 2.24. The molecule has 0 aliphatic heterocycles. The fourth-order valence-electron chi connectivity index (χ4n) is 3.58. The van der Waals surface area contributed by atoms with Crippen LogP contribution in [-0.4, -0.2) is 21.7 Å². The zero-order valence-corrected chi connectivity index (χ0v) is 16.9. The molecule has 1 unspecified atom stereocenters. The number of fused-ring (bicyclic) bond motifs is 3. The second kappa shape index (κ2) is 7.59. The van der Waals surface area contributed by atoms with Gasteiger partial charge in [0.15, 0.2) is 0 Å². The van der Waals surface area contributed by atoms with Crippen LogP contribution in [0.3, 0.4) is 0 Å². The molecule has 1 atom stereocenters. The number of benzene rings is 2. The van der Waals surface area contributed by atoms with Crippen molar-refractivity contribution in [2.45, 2.75) is 38.8 Å². The molecule has 2 heterocycles. The monoisotopic (exact) mass is 387 g/mol. The summed E-state index contributed by atoms with van der Waals surface area (Å²) in [5, 5.41) is 5.26. The molecule has 0 fully saturated rings. The smallest absolute Gasteiger partial charge is 0.408 e. The second-order valence-corrected chi connectivity index (χ2v) is 8.18. The van der Waals surface area contributed by atoms with Gasteiger partial charge in [0.05, 0.1) is 17.3 Å². The number of alkyl carbamates (subject to hydrolysis) is 1. The molecule has 0 spiro atoms. The van der Waals surface area contributed by atoms with Crippen LogP contribution in [0.2, 0.25) is 0 Å². The normalized spacial score (nSPS) is 12.8. The van der Waals surface area contributed by atoms with Gasteiger partial charge in [0, 0.05) is 22.5 Å². The quantitative estimate of drug-likeness (QED) is 0.484. The van der Waals surface area contributed by atoms with Crippen LogP contribution in [0, 0.1) is 0 Å². The van der Waals surface area contributed by atoms with Gasteiger partial charge in [0.25, 0.3) is 0 Å². The summed E-state index contributed by atoms with van der Waals surface area (Å²) in [5.41, 5.74) is 3.33. The van der Waals surface area contributed by atoms with Crippen LogP contribution in [0.5, 0.6) is 0 Å². The van der Waals surface area contributed by atoms with Crippen molar-refractivity contribution in [2.75, 3.05) is 0 Å². The highest BCUT2D eigenvalue weighted by atomic mass is 16.6. The molecule has 148 valence electrons. The minimum Gasteiger partial charge on any atom is -0.444 e. The largest absolute Gasteiger partial charge is 0.444 e. The third-order valence-corrected chi connectivity index (χ3v) is 4.76. The van der Waals surface area contributed by atoms with E-state index in [1.807, 2.05) is 63.2 Å². The van der Waals surface area contributed by atoms with Crippen molar-refractivity contribution >= 4 is 27.9 Å². The third-order valence-electron chi connectivity index (χ3n) is 4.76. The fourth-order valence-corrected chi connectivity index (χ4v) is 3.58. The molecule has 5 heteroatoms. The maximum absolute atomic E-state index is 12.6. The average molecular weight is 387 g/mol. The third kappa shape index (κ3) is 4.24. The molecule has 0 saturated carbocycles. The van der Waals surface area contributed by atoms with Crippen LogP contribution < -0.4 is 5.32 Å². The van der Waals surface area contributed by atoms with Crippen molar-refractivity contribution in [3.63, 3.8) is 0 Å². The van der Waals surface area contributed by atoms with E-state index in [1.54, 1.807) is 6.20 Å². The maximum atomic E-state index is 12.6. The van der Waals surface area contributed by atoms with Crippen molar-refractivity contribution in [2.24, 2.45) is 0 Å². The zero-order valence-electron chi connectivity index (χ0n) is 16.9. The summed E-state index contributed by atoms with van der Waals surface area (Å²) in [6.45, 7) is 5.57. The molecule has 2 N–H and O–H groups in total. The molecule has 5 nitrogen and oxygen atoms in total. The molecular formula is C24H25N3O2. The Kier molecular flexibility index (Phi) is 4.97. The zero-order chi connectivity index (χ0) is 20.4. The van der Waals surface area contributed by atoms with E-state index in [4.69, 9.17) is 4.74 Å². The van der Waals surface area contributed by atoms with Crippen molar-refractivity contribution in [1.29, 1.82) is 0 Å². The number of H-pyrrole nitrogens is 1. The van der Waals surface area contributed by atoms with Gasteiger partial charge in [-0.2, -0.15) is 0 Å². The van der Waals surface area contributed by atoms with Gasteiger partial charge < -0.3 is 15.0 Å². The number of hydrogen-bond acceptors (Lipinski definition) is 3. The van der Waals surface area contributed by atoms with Crippen LogP contribution in [0.25, 0.3) is 21.8 Å². The van der Waals surface area contributed by atoms with Crippen LogP contribution in [0.1, 0.15) is 38.1 Å². The Morgan fingerprint density at radius 2 is 1.76 bits per heavy atom. The van der Waals surface area contributed by atoms with Gasteiger partial charge in [-0.1, -0.05) is 48.5 Å². The van der Waals surface area contributed by atoms with E-state index in [-0.39, 0.29) is 6.04 Å². The van der Waals surface area contributed by atoms with Gasteiger partial charge in [-0.25, -0.2) is 4.79 Å². The first-order valence-electron chi connectivity index (χ1n) is 9.79. The van der Waals surface area contributed by atoms with Crippen LogP contribution in [0.15, 0.2) is 66.9 Å². The molecular weight excluding hydrogens is 362 g/mol. The van der Waals surface area contributed by atoms with Gasteiger partial charge in [-0.05, 0) is 44.9 Å². The molecule has 2 aromatic heterocycles. The standard InChI is InChI=1S/C24H25N3O2/c1-24(2,3)29-23(28)27-20(15-16-9-5-4-6-10-16)22-21-18(13-14-25-22)17-11-7-8-12-19(17)26-21/h4-14,20,26H,15H2,1-3H3,(H,27,28). The lowest BCUT2D eigenvalue weighted by Crippen LogP contribution is -2.36. The van der Waals surface area contributed by atoms with Gasteiger partial charge in [-0.3, -0.25) is 4.98 Å². The van der Waals surface area contributed by atoms with E-state index in [0.29, 0.717) is 6.42 Å². The van der Waals surface area contributed by atoms with E-state index < -0.39 is 11.7 Å². The average Bonchev–Trinajstić information content (AvgIpc) is 3.05. The van der Waals surface area contributed by atoms with Crippen LogP contribution in [0.4, 0.5) is 4.79 Å². The molecule has 4 rings (SSSR count). The Morgan fingerprint density at radius 3 is 2.52 bits per heavy atom. The highest BCUT2D eigenvalue weighted by Crippen LogP contribution is 2.30. The van der Waals surface area contributed by atoms with E-state index in [9.17, 15) is 4.79 Å². The molecule has 1 amide bonds. The Hall–Kier alpha value is -3.34. The lowest BCUT2D eigenvalue weighted by molar-refractivity contribution is 0.0502. The van der Waals surface area contributed by atoms with E-state index in [2.05, 4.69) is 33.5 Å². The van der Waals surface area contributed by atoms with E-state index in [0.717, 1.165) is 33.1 Å². The van der Waals surface area contributed by atoms with E-state index >= 15 is 0 Å². The Balaban J connectivity index is 1.76. The number of aromatic amines is 1. The van der Waals surface area contributed by atoms with Crippen LogP contribution in [-0.2, 0) is 11.2 Å². The molecule has 29 heavy (non-hydrogen) atoms. The number of nitrogens with one attached hydrogen (secondary N) is 2. The van der Waals surface area contributed by atoms with Gasteiger partial charge >= 0.3 is 6.09 Å². The summed E-state index contributed by atoms with van der Waals surface area (Å²) in [6, 6.07) is 19.9. The number of carbonyl (C=O) groups is 1. The summed E-state index contributed by atoms with van der Waals surface area (Å²) in [7, 11) is 0. The topological polar surface area (TPSA) is 67.0 Å². The summed E-state index contributed by atoms with van der Waals surface area (Å²) in [4.78, 5) is 20.7. The Morgan fingerprint density at radius 1 is 1.03 bits per heavy atom. The number of nitrogens with zero attached hydrogens (tertiary/aromatic N) is 1. The summed E-state index contributed by atoms with van der Waals surface area (Å²) in [6.07, 6.45) is 1.96. The first-order valence-corrected chi connectivity index (χ1v) is 9.79. The number of carbonyl (C=O) groups excluding carboxylic acids is 1. The molecule has 0 radical (unpaired) electrons. The minimum atomic E-state index is -0.568. The number of para-hydroxylation sites is 1. The number of rotatable bonds is 4. The van der Waals surface area contributed by atoms with Crippen molar-refractivity contribution in [3.8, 4) is 0 Å². The van der Waals surface area contributed by atoms with E-state index in [1.165, 1.54) is 0 Å². The number of hydrogen-bond donors (Lipinski definition) is 2. The number of ether oxygens (including phenoxy) is 1. The molecule has 0 saturated heterocycles. The van der Waals surface area contributed by atoms with Gasteiger partial charge in [-0.15, -0.1) is 0 Å². The van der Waals surface area contributed by atoms with Gasteiger partial charge in [0.1, 0.15) is 5.60 Å².